The van der Waals surface area contributed by atoms with Crippen molar-refractivity contribution in [2.24, 2.45) is 28.6 Å². The predicted octanol–water partition coefficient (Wildman–Crippen LogP) is 5.34. The number of carbonyl (C=O) groups is 2. The molecule has 0 amide bonds. The summed E-state index contributed by atoms with van der Waals surface area (Å²) in [5.74, 6) is 1.43. The number of allylic oxidation sites excluding steroid dienone is 1. The van der Waals surface area contributed by atoms with E-state index in [-0.39, 0.29) is 22.7 Å². The normalized spacial score (nSPS) is 49.6. The predicted molar refractivity (Wildman–Crippen MR) is 118 cm³/mol. The fraction of sp³-hybridized carbons (Fsp3) is 0.704. The number of fused-ring (bicyclic) bond motifs is 7. The van der Waals surface area contributed by atoms with Crippen LogP contribution < -0.4 is 0 Å². The summed E-state index contributed by atoms with van der Waals surface area (Å²) in [6.45, 7) is 8.24. The van der Waals surface area contributed by atoms with Gasteiger partial charge in [0.15, 0.2) is 22.9 Å². The van der Waals surface area contributed by atoms with Crippen molar-refractivity contribution in [2.45, 2.75) is 90.1 Å². The lowest BCUT2D eigenvalue weighted by molar-refractivity contribution is -0.234. The van der Waals surface area contributed by atoms with E-state index >= 15 is 0 Å². The van der Waals surface area contributed by atoms with E-state index in [1.807, 2.05) is 25.1 Å². The molecular formula is C27H34O5. The van der Waals surface area contributed by atoms with Crippen LogP contribution in [0.4, 0.5) is 0 Å². The Morgan fingerprint density at radius 2 is 1.91 bits per heavy atom. The number of rotatable bonds is 2. The third-order valence-corrected chi connectivity index (χ3v) is 10.3. The molecule has 1 aliphatic heterocycles. The van der Waals surface area contributed by atoms with E-state index in [2.05, 4.69) is 13.8 Å². The number of furan rings is 1. The molecule has 8 atom stereocenters. The van der Waals surface area contributed by atoms with Gasteiger partial charge in [0.1, 0.15) is 0 Å². The first-order valence-corrected chi connectivity index (χ1v) is 12.3. The summed E-state index contributed by atoms with van der Waals surface area (Å²) in [6, 6.07) is 3.70. The summed E-state index contributed by atoms with van der Waals surface area (Å²) in [6.07, 6.45) is 9.91. The maximum atomic E-state index is 13.4. The number of hydrogen-bond acceptors (Lipinski definition) is 5. The van der Waals surface area contributed by atoms with E-state index in [4.69, 9.17) is 13.9 Å². The molecule has 4 aliphatic carbocycles. The summed E-state index contributed by atoms with van der Waals surface area (Å²) in [5, 5.41) is 0. The monoisotopic (exact) mass is 438 g/mol. The molecule has 0 N–H and O–H groups in total. The Balaban J connectivity index is 1.38. The Bertz CT molecular complexity index is 1010. The highest BCUT2D eigenvalue weighted by atomic mass is 16.8. The van der Waals surface area contributed by atoms with Gasteiger partial charge in [-0.3, -0.25) is 9.59 Å². The van der Waals surface area contributed by atoms with Gasteiger partial charge in [0, 0.05) is 11.8 Å². The Labute approximate surface area is 189 Å². The summed E-state index contributed by atoms with van der Waals surface area (Å²) in [4.78, 5) is 25.5. The third-order valence-electron chi connectivity index (χ3n) is 10.3. The lowest BCUT2D eigenvalue weighted by Gasteiger charge is -2.59. The zero-order valence-electron chi connectivity index (χ0n) is 19.6. The molecule has 4 unspecified atom stereocenters. The van der Waals surface area contributed by atoms with Crippen LogP contribution in [0.15, 0.2) is 34.5 Å². The highest BCUT2D eigenvalue weighted by molar-refractivity contribution is 5.91. The van der Waals surface area contributed by atoms with Crippen LogP contribution in [0.1, 0.15) is 78.4 Å². The van der Waals surface area contributed by atoms with Gasteiger partial charge in [-0.2, -0.15) is 0 Å². The standard InChI is InChI=1S/C27H34O5/c1-16(28)27-23(31-26(4,32-27)22-6-5-13-30-22)15-21-19-8-7-17-14-18(29)9-11-24(17,2)20(19)10-12-25(21,27)3/h5-6,13-14,19-21,23H,7-12,15H2,1-4H3/t19?,20?,21?,23-,24+,25+,26?,27-/m1/s1. The molecule has 3 saturated carbocycles. The van der Waals surface area contributed by atoms with E-state index < -0.39 is 11.4 Å². The quantitative estimate of drug-likeness (QED) is 0.624. The Morgan fingerprint density at radius 3 is 2.62 bits per heavy atom. The van der Waals surface area contributed by atoms with Gasteiger partial charge in [-0.15, -0.1) is 0 Å². The molecule has 6 rings (SSSR count). The molecule has 4 fully saturated rings. The Kier molecular flexibility index (Phi) is 4.20. The van der Waals surface area contributed by atoms with Crippen LogP contribution in [0.25, 0.3) is 0 Å². The lowest BCUT2D eigenvalue weighted by Crippen LogP contribution is -2.59. The van der Waals surface area contributed by atoms with Crippen LogP contribution in [-0.4, -0.2) is 23.3 Å². The first-order valence-electron chi connectivity index (χ1n) is 12.3. The van der Waals surface area contributed by atoms with Gasteiger partial charge >= 0.3 is 0 Å². The lowest BCUT2D eigenvalue weighted by atomic mass is 9.46. The molecule has 1 aromatic heterocycles. The molecule has 1 aromatic rings. The van der Waals surface area contributed by atoms with Crippen LogP contribution in [0.3, 0.4) is 0 Å². The maximum Gasteiger partial charge on any atom is 0.226 e. The zero-order valence-corrected chi connectivity index (χ0v) is 19.6. The summed E-state index contributed by atoms with van der Waals surface area (Å²) in [7, 11) is 0. The minimum absolute atomic E-state index is 0.0760. The van der Waals surface area contributed by atoms with Crippen molar-refractivity contribution in [3.63, 3.8) is 0 Å². The van der Waals surface area contributed by atoms with Crippen LogP contribution in [0.5, 0.6) is 0 Å². The molecule has 32 heavy (non-hydrogen) atoms. The summed E-state index contributed by atoms with van der Waals surface area (Å²) < 4.78 is 19.0. The average molecular weight is 439 g/mol. The SMILES string of the molecule is CC(=O)[C@@]12OC(C)(c3ccco3)O[C@@H]1CC1C3CCC4=CC(=O)CC[C@]4(C)C3CC[C@@]12C. The van der Waals surface area contributed by atoms with Crippen LogP contribution in [0, 0.1) is 28.6 Å². The molecule has 0 spiro atoms. The van der Waals surface area contributed by atoms with Gasteiger partial charge in [0.2, 0.25) is 5.79 Å². The maximum absolute atomic E-state index is 13.4. The molecule has 0 aromatic carbocycles. The number of ketones is 2. The van der Waals surface area contributed by atoms with Crippen LogP contribution in [0.2, 0.25) is 0 Å². The van der Waals surface area contributed by atoms with E-state index in [9.17, 15) is 9.59 Å². The second-order valence-electron chi connectivity index (χ2n) is 11.6. The van der Waals surface area contributed by atoms with Gasteiger partial charge < -0.3 is 13.9 Å². The van der Waals surface area contributed by atoms with E-state index in [0.717, 1.165) is 38.5 Å². The molecule has 5 aliphatic rings. The van der Waals surface area contributed by atoms with Crippen LogP contribution in [-0.2, 0) is 24.8 Å². The molecule has 172 valence electrons. The molecule has 0 bridgehead atoms. The van der Waals surface area contributed by atoms with Crippen molar-refractivity contribution >= 4 is 11.6 Å². The molecular weight excluding hydrogens is 404 g/mol. The first-order chi connectivity index (χ1) is 15.1. The topological polar surface area (TPSA) is 65.7 Å². The van der Waals surface area contributed by atoms with Crippen molar-refractivity contribution in [2.75, 3.05) is 0 Å². The smallest absolute Gasteiger partial charge is 0.226 e. The van der Waals surface area contributed by atoms with Crippen molar-refractivity contribution in [1.82, 2.24) is 0 Å². The zero-order chi connectivity index (χ0) is 22.5. The van der Waals surface area contributed by atoms with Gasteiger partial charge in [-0.1, -0.05) is 19.4 Å². The number of Topliss-reactive ketones (excluding diaryl/α,β-unsaturated/α-hetero) is 1. The largest absolute Gasteiger partial charge is 0.464 e. The molecule has 2 heterocycles. The summed E-state index contributed by atoms with van der Waals surface area (Å²) in [5.41, 5.74) is 0.278. The third kappa shape index (κ3) is 2.37. The molecule has 1 saturated heterocycles. The van der Waals surface area contributed by atoms with Crippen molar-refractivity contribution in [3.05, 3.63) is 35.8 Å². The molecule has 5 nitrogen and oxygen atoms in total. The molecule has 0 radical (unpaired) electrons. The van der Waals surface area contributed by atoms with Crippen molar-refractivity contribution in [1.29, 1.82) is 0 Å². The number of ether oxygens (including phenoxy) is 2. The van der Waals surface area contributed by atoms with Gasteiger partial charge in [-0.25, -0.2) is 0 Å². The Morgan fingerprint density at radius 1 is 1.09 bits per heavy atom. The van der Waals surface area contributed by atoms with E-state index in [0.29, 0.717) is 35.7 Å². The summed E-state index contributed by atoms with van der Waals surface area (Å²) >= 11 is 0. The highest BCUT2D eigenvalue weighted by Gasteiger charge is 2.76. The van der Waals surface area contributed by atoms with Crippen molar-refractivity contribution < 1.29 is 23.5 Å². The van der Waals surface area contributed by atoms with E-state index in [1.54, 1.807) is 13.2 Å². The van der Waals surface area contributed by atoms with Gasteiger partial charge in [0.25, 0.3) is 0 Å². The second kappa shape index (κ2) is 6.44. The minimum Gasteiger partial charge on any atom is -0.464 e. The van der Waals surface area contributed by atoms with Gasteiger partial charge in [-0.05, 0) is 93.7 Å². The first kappa shape index (κ1) is 20.9. The fourth-order valence-corrected chi connectivity index (χ4v) is 8.80. The Hall–Kier alpha value is -1.72. The number of hydrogen-bond donors (Lipinski definition) is 0. The second-order valence-corrected chi connectivity index (χ2v) is 11.6. The fourth-order valence-electron chi connectivity index (χ4n) is 8.80. The van der Waals surface area contributed by atoms with Gasteiger partial charge in [0.05, 0.1) is 12.4 Å². The minimum atomic E-state index is -1.04. The van der Waals surface area contributed by atoms with E-state index in [1.165, 1.54) is 5.57 Å². The highest BCUT2D eigenvalue weighted by Crippen LogP contribution is 2.71. The number of carbonyl (C=O) groups excluding carboxylic acids is 2. The van der Waals surface area contributed by atoms with Crippen LogP contribution >= 0.6 is 0 Å². The average Bonchev–Trinajstić information content (AvgIpc) is 3.43. The van der Waals surface area contributed by atoms with Crippen molar-refractivity contribution in [3.8, 4) is 0 Å². The molecule has 5 heteroatoms.